The lowest BCUT2D eigenvalue weighted by atomic mass is 10.0. The SMILES string of the molecule is CCCCCCCCCCCCCCCCOC(=O)c1ccccc1C(=O)OCCCCCCCCCCCCCCCC. The van der Waals surface area contributed by atoms with E-state index in [1.165, 1.54) is 154 Å². The summed E-state index contributed by atoms with van der Waals surface area (Å²) < 4.78 is 11.0. The first-order valence-corrected chi connectivity index (χ1v) is 19.1. The van der Waals surface area contributed by atoms with Crippen LogP contribution in [0.3, 0.4) is 0 Å². The Morgan fingerprint density at radius 3 is 0.864 bits per heavy atom. The van der Waals surface area contributed by atoms with E-state index < -0.39 is 11.9 Å². The molecule has 1 rings (SSSR count). The van der Waals surface area contributed by atoms with E-state index in [4.69, 9.17) is 9.47 Å². The van der Waals surface area contributed by atoms with E-state index in [1.54, 1.807) is 24.3 Å². The van der Waals surface area contributed by atoms with Crippen molar-refractivity contribution in [2.24, 2.45) is 0 Å². The van der Waals surface area contributed by atoms with E-state index in [2.05, 4.69) is 13.8 Å². The number of rotatable bonds is 32. The summed E-state index contributed by atoms with van der Waals surface area (Å²) in [4.78, 5) is 25.4. The van der Waals surface area contributed by atoms with Gasteiger partial charge < -0.3 is 9.47 Å². The van der Waals surface area contributed by atoms with Gasteiger partial charge in [-0.3, -0.25) is 0 Å². The van der Waals surface area contributed by atoms with E-state index in [0.717, 1.165) is 25.7 Å². The second-order valence-corrected chi connectivity index (χ2v) is 13.0. The van der Waals surface area contributed by atoms with Crippen LogP contribution in [-0.2, 0) is 9.47 Å². The van der Waals surface area contributed by atoms with Crippen molar-refractivity contribution in [2.45, 2.75) is 194 Å². The second kappa shape index (κ2) is 31.2. The maximum Gasteiger partial charge on any atom is 0.339 e. The van der Waals surface area contributed by atoms with Gasteiger partial charge in [0.15, 0.2) is 0 Å². The summed E-state index contributed by atoms with van der Waals surface area (Å²) in [5.74, 6) is -0.854. The summed E-state index contributed by atoms with van der Waals surface area (Å²) in [6.07, 6.45) is 36.3. The van der Waals surface area contributed by atoms with E-state index in [9.17, 15) is 9.59 Å². The highest BCUT2D eigenvalue weighted by molar-refractivity contribution is 6.03. The molecule has 0 radical (unpaired) electrons. The molecule has 4 nitrogen and oxygen atoms in total. The third-order valence-corrected chi connectivity index (χ3v) is 8.83. The van der Waals surface area contributed by atoms with Gasteiger partial charge in [-0.05, 0) is 25.0 Å². The van der Waals surface area contributed by atoms with Crippen LogP contribution in [0.2, 0.25) is 0 Å². The zero-order chi connectivity index (χ0) is 31.8. The number of hydrogen-bond donors (Lipinski definition) is 0. The van der Waals surface area contributed by atoms with Crippen LogP contribution in [0, 0.1) is 0 Å². The highest BCUT2D eigenvalue weighted by Gasteiger charge is 2.18. The molecule has 0 aliphatic rings. The van der Waals surface area contributed by atoms with Crippen LogP contribution in [0.5, 0.6) is 0 Å². The number of carbonyl (C=O) groups excluding carboxylic acids is 2. The fourth-order valence-electron chi connectivity index (χ4n) is 5.92. The molecular formula is C40H70O4. The predicted octanol–water partition coefficient (Wildman–Crippen LogP) is 13.0. The molecule has 0 amide bonds. The van der Waals surface area contributed by atoms with Crippen molar-refractivity contribution in [3.63, 3.8) is 0 Å². The van der Waals surface area contributed by atoms with Gasteiger partial charge in [-0.2, -0.15) is 0 Å². The molecule has 0 aliphatic heterocycles. The summed E-state index contributed by atoms with van der Waals surface area (Å²) in [6.45, 7) is 5.35. The van der Waals surface area contributed by atoms with Crippen LogP contribution >= 0.6 is 0 Å². The zero-order valence-electron chi connectivity index (χ0n) is 29.2. The number of benzene rings is 1. The maximum atomic E-state index is 12.7. The van der Waals surface area contributed by atoms with Crippen LogP contribution in [-0.4, -0.2) is 25.2 Å². The number of carbonyl (C=O) groups is 2. The topological polar surface area (TPSA) is 52.6 Å². The van der Waals surface area contributed by atoms with Crippen LogP contribution in [0.25, 0.3) is 0 Å². The summed E-state index contributed by atoms with van der Waals surface area (Å²) >= 11 is 0. The largest absolute Gasteiger partial charge is 0.462 e. The molecule has 0 heterocycles. The highest BCUT2D eigenvalue weighted by atomic mass is 16.5. The van der Waals surface area contributed by atoms with Gasteiger partial charge in [0.1, 0.15) is 0 Å². The van der Waals surface area contributed by atoms with Gasteiger partial charge in [0.05, 0.1) is 24.3 Å². The first-order valence-electron chi connectivity index (χ1n) is 19.1. The smallest absolute Gasteiger partial charge is 0.339 e. The molecular weight excluding hydrogens is 544 g/mol. The van der Waals surface area contributed by atoms with E-state index in [0.29, 0.717) is 24.3 Å². The average Bonchev–Trinajstić information content (AvgIpc) is 3.04. The van der Waals surface area contributed by atoms with Crippen molar-refractivity contribution < 1.29 is 19.1 Å². The Bertz CT molecular complexity index is 724. The Kier molecular flexibility index (Phi) is 28.5. The summed E-state index contributed by atoms with van der Waals surface area (Å²) in [6, 6.07) is 6.87. The third kappa shape index (κ3) is 23.5. The van der Waals surface area contributed by atoms with E-state index in [-0.39, 0.29) is 0 Å². The normalized spacial score (nSPS) is 11.1. The molecule has 0 unspecified atom stereocenters. The second-order valence-electron chi connectivity index (χ2n) is 13.0. The fraction of sp³-hybridized carbons (Fsp3) is 0.800. The van der Waals surface area contributed by atoms with Gasteiger partial charge in [-0.15, -0.1) is 0 Å². The lowest BCUT2D eigenvalue weighted by Gasteiger charge is -2.10. The van der Waals surface area contributed by atoms with Crippen LogP contribution in [0.1, 0.15) is 214 Å². The van der Waals surface area contributed by atoms with E-state index in [1.807, 2.05) is 0 Å². The van der Waals surface area contributed by atoms with Crippen LogP contribution in [0.15, 0.2) is 24.3 Å². The quantitative estimate of drug-likeness (QED) is 0.0598. The summed E-state index contributed by atoms with van der Waals surface area (Å²) in [5, 5.41) is 0. The fourth-order valence-corrected chi connectivity index (χ4v) is 5.92. The zero-order valence-corrected chi connectivity index (χ0v) is 29.2. The van der Waals surface area contributed by atoms with Crippen molar-refractivity contribution in [1.29, 1.82) is 0 Å². The molecule has 4 heteroatoms. The van der Waals surface area contributed by atoms with Gasteiger partial charge in [-0.25, -0.2) is 9.59 Å². The van der Waals surface area contributed by atoms with Crippen molar-refractivity contribution >= 4 is 11.9 Å². The lowest BCUT2D eigenvalue weighted by Crippen LogP contribution is -2.15. The van der Waals surface area contributed by atoms with Crippen molar-refractivity contribution in [3.8, 4) is 0 Å². The maximum absolute atomic E-state index is 12.7. The minimum absolute atomic E-state index is 0.309. The van der Waals surface area contributed by atoms with E-state index >= 15 is 0 Å². The number of esters is 2. The molecule has 1 aromatic rings. The summed E-state index contributed by atoms with van der Waals surface area (Å²) in [5.41, 5.74) is 0.618. The Morgan fingerprint density at radius 2 is 0.614 bits per heavy atom. The summed E-state index contributed by atoms with van der Waals surface area (Å²) in [7, 11) is 0. The monoisotopic (exact) mass is 615 g/mol. The van der Waals surface area contributed by atoms with Gasteiger partial charge in [-0.1, -0.05) is 193 Å². The lowest BCUT2D eigenvalue weighted by molar-refractivity contribution is 0.0450. The minimum Gasteiger partial charge on any atom is -0.462 e. The van der Waals surface area contributed by atoms with Crippen molar-refractivity contribution in [2.75, 3.05) is 13.2 Å². The number of hydrogen-bond acceptors (Lipinski definition) is 4. The number of unbranched alkanes of at least 4 members (excludes halogenated alkanes) is 26. The molecule has 0 aliphatic carbocycles. The predicted molar refractivity (Wildman–Crippen MR) is 188 cm³/mol. The van der Waals surface area contributed by atoms with Gasteiger partial charge >= 0.3 is 11.9 Å². The molecule has 0 aromatic heterocycles. The molecule has 0 bridgehead atoms. The Morgan fingerprint density at radius 1 is 0.386 bits per heavy atom. The molecule has 0 spiro atoms. The highest BCUT2D eigenvalue weighted by Crippen LogP contribution is 2.16. The molecule has 44 heavy (non-hydrogen) atoms. The molecule has 0 atom stereocenters. The first-order chi connectivity index (χ1) is 21.7. The Hall–Kier alpha value is -1.84. The molecule has 0 N–H and O–H groups in total. The van der Waals surface area contributed by atoms with Gasteiger partial charge in [0.2, 0.25) is 0 Å². The molecule has 1 aromatic carbocycles. The van der Waals surface area contributed by atoms with Gasteiger partial charge in [0, 0.05) is 0 Å². The van der Waals surface area contributed by atoms with Crippen molar-refractivity contribution in [3.05, 3.63) is 35.4 Å². The third-order valence-electron chi connectivity index (χ3n) is 8.83. The molecule has 0 fully saturated rings. The Balaban J connectivity index is 2.03. The Labute approximate surface area is 272 Å². The molecule has 0 saturated carbocycles. The van der Waals surface area contributed by atoms with Crippen LogP contribution in [0.4, 0.5) is 0 Å². The first kappa shape index (κ1) is 40.2. The van der Waals surface area contributed by atoms with Gasteiger partial charge in [0.25, 0.3) is 0 Å². The van der Waals surface area contributed by atoms with Crippen molar-refractivity contribution in [1.82, 2.24) is 0 Å². The number of ether oxygens (including phenoxy) is 2. The van der Waals surface area contributed by atoms with Crippen LogP contribution < -0.4 is 0 Å². The minimum atomic E-state index is -0.427. The molecule has 254 valence electrons. The standard InChI is InChI=1S/C40H70O4/c1-3-5-7-9-11-13-15-17-19-21-23-25-27-31-35-43-39(41)37-33-29-30-34-38(37)40(42)44-36-32-28-26-24-22-20-18-16-14-12-10-8-6-4-2/h29-30,33-34H,3-28,31-32,35-36H2,1-2H3. The molecule has 0 saturated heterocycles. The average molecular weight is 615 g/mol.